The molecule has 33 heavy (non-hydrogen) atoms. The Hall–Kier alpha value is -3.04. The molecule has 2 aliphatic heterocycles. The summed E-state index contributed by atoms with van der Waals surface area (Å²) >= 11 is 0. The first kappa shape index (κ1) is 23.1. The van der Waals surface area contributed by atoms with Gasteiger partial charge in [0.15, 0.2) is 5.78 Å². The molecule has 3 fully saturated rings. The van der Waals surface area contributed by atoms with E-state index in [1.54, 1.807) is 20.8 Å². The lowest BCUT2D eigenvalue weighted by molar-refractivity contribution is -0.238. The molecule has 4 rings (SSSR count). The first-order valence-electron chi connectivity index (χ1n) is 10.6. The van der Waals surface area contributed by atoms with Crippen molar-refractivity contribution in [3.05, 3.63) is 35.4 Å². The van der Waals surface area contributed by atoms with Crippen LogP contribution in [0, 0.1) is 23.5 Å². The number of Topliss-reactive ketones (excluding diaryl/α,β-unsaturated/α-hetero) is 1. The number of benzene rings is 1. The molecule has 0 spiro atoms. The van der Waals surface area contributed by atoms with E-state index in [4.69, 9.17) is 14.2 Å². The van der Waals surface area contributed by atoms with Crippen molar-refractivity contribution in [3.63, 3.8) is 0 Å². The van der Waals surface area contributed by atoms with Gasteiger partial charge in [0, 0.05) is 25.8 Å². The molecular weight excluding hydrogens is 440 g/mol. The standard InChI is InChI=1S/C23H25F2NO7/c1-21(2,3)33-20(30)26-10-23(12-8-11(24)6-7-14(12)25)9-13(23)16(26)17(27)15-18(28)31-22(4,5)32-19(15)29/h6-8,13,15-16H,9-10H2,1-5H3. The summed E-state index contributed by atoms with van der Waals surface area (Å²) in [4.78, 5) is 52.5. The first-order valence-corrected chi connectivity index (χ1v) is 10.6. The number of ether oxygens (including phenoxy) is 3. The summed E-state index contributed by atoms with van der Waals surface area (Å²) in [5, 5.41) is 0. The summed E-state index contributed by atoms with van der Waals surface area (Å²) in [5.41, 5.74) is -1.90. The van der Waals surface area contributed by atoms with Crippen molar-refractivity contribution in [2.24, 2.45) is 11.8 Å². The second kappa shape index (κ2) is 7.23. The normalized spacial score (nSPS) is 28.6. The molecule has 0 bridgehead atoms. The minimum atomic E-state index is -1.89. The largest absolute Gasteiger partial charge is 0.444 e. The van der Waals surface area contributed by atoms with Gasteiger partial charge in [-0.15, -0.1) is 0 Å². The van der Waals surface area contributed by atoms with E-state index in [1.165, 1.54) is 13.8 Å². The lowest BCUT2D eigenvalue weighted by Crippen LogP contribution is -2.55. The molecule has 178 valence electrons. The van der Waals surface area contributed by atoms with E-state index in [0.29, 0.717) is 0 Å². The number of halogens is 2. The molecule has 3 unspecified atom stereocenters. The average Bonchev–Trinajstić information content (AvgIpc) is 3.25. The second-order valence-electron chi connectivity index (χ2n) is 10.2. The van der Waals surface area contributed by atoms with Gasteiger partial charge in [-0.25, -0.2) is 13.6 Å². The minimum absolute atomic E-state index is 0.0336. The molecule has 1 aromatic carbocycles. The fourth-order valence-corrected chi connectivity index (χ4v) is 4.80. The number of fused-ring (bicyclic) bond motifs is 1. The number of amides is 1. The van der Waals surface area contributed by atoms with Crippen LogP contribution in [0.3, 0.4) is 0 Å². The van der Waals surface area contributed by atoms with Crippen LogP contribution in [0.25, 0.3) is 0 Å². The number of ketones is 1. The van der Waals surface area contributed by atoms with Crippen molar-refractivity contribution >= 4 is 23.8 Å². The number of likely N-dealkylation sites (tertiary alicyclic amines) is 1. The number of rotatable bonds is 3. The predicted octanol–water partition coefficient (Wildman–Crippen LogP) is 2.86. The summed E-state index contributed by atoms with van der Waals surface area (Å²) in [7, 11) is 0. The van der Waals surface area contributed by atoms with E-state index in [-0.39, 0.29) is 18.5 Å². The Balaban J connectivity index is 1.71. The fourth-order valence-electron chi connectivity index (χ4n) is 4.80. The van der Waals surface area contributed by atoms with Gasteiger partial charge in [0.25, 0.3) is 5.79 Å². The third-order valence-corrected chi connectivity index (χ3v) is 6.14. The van der Waals surface area contributed by atoms with Crippen LogP contribution < -0.4 is 0 Å². The molecule has 3 aliphatic rings. The maximum absolute atomic E-state index is 14.7. The smallest absolute Gasteiger partial charge is 0.410 e. The number of hydrogen-bond acceptors (Lipinski definition) is 7. The first-order chi connectivity index (χ1) is 15.2. The molecule has 1 saturated carbocycles. The zero-order chi connectivity index (χ0) is 24.5. The highest BCUT2D eigenvalue weighted by Crippen LogP contribution is 2.63. The number of carbonyl (C=O) groups excluding carboxylic acids is 4. The van der Waals surface area contributed by atoms with Gasteiger partial charge in [-0.2, -0.15) is 0 Å². The number of cyclic esters (lactones) is 2. The van der Waals surface area contributed by atoms with Gasteiger partial charge in [-0.05, 0) is 56.9 Å². The van der Waals surface area contributed by atoms with Crippen molar-refractivity contribution in [2.45, 2.75) is 63.9 Å². The third kappa shape index (κ3) is 3.95. The highest BCUT2D eigenvalue weighted by atomic mass is 19.1. The van der Waals surface area contributed by atoms with Crippen LogP contribution in [0.4, 0.5) is 13.6 Å². The third-order valence-electron chi connectivity index (χ3n) is 6.14. The minimum Gasteiger partial charge on any atom is -0.444 e. The number of hydrogen-bond donors (Lipinski definition) is 0. The molecule has 1 aliphatic carbocycles. The van der Waals surface area contributed by atoms with Gasteiger partial charge >= 0.3 is 18.0 Å². The summed E-state index contributed by atoms with van der Waals surface area (Å²) in [6.45, 7) is 7.48. The van der Waals surface area contributed by atoms with E-state index in [9.17, 15) is 28.0 Å². The maximum atomic E-state index is 14.7. The summed E-state index contributed by atoms with van der Waals surface area (Å²) in [6.07, 6.45) is -0.590. The molecule has 10 heteroatoms. The van der Waals surface area contributed by atoms with Crippen LogP contribution in [0.2, 0.25) is 0 Å². The van der Waals surface area contributed by atoms with Crippen LogP contribution in [0.5, 0.6) is 0 Å². The summed E-state index contributed by atoms with van der Waals surface area (Å²) in [6, 6.07) is 1.74. The monoisotopic (exact) mass is 465 g/mol. The van der Waals surface area contributed by atoms with E-state index in [2.05, 4.69) is 0 Å². The van der Waals surface area contributed by atoms with Crippen molar-refractivity contribution < 1.29 is 42.2 Å². The predicted molar refractivity (Wildman–Crippen MR) is 108 cm³/mol. The number of carbonyl (C=O) groups is 4. The van der Waals surface area contributed by atoms with Gasteiger partial charge in [-0.1, -0.05) is 0 Å². The Bertz CT molecular complexity index is 1040. The molecule has 0 aromatic heterocycles. The molecule has 2 heterocycles. The van der Waals surface area contributed by atoms with E-state index in [1.807, 2.05) is 0 Å². The molecule has 0 N–H and O–H groups in total. The van der Waals surface area contributed by atoms with Crippen molar-refractivity contribution in [1.29, 1.82) is 0 Å². The zero-order valence-electron chi connectivity index (χ0n) is 18.9. The molecule has 2 saturated heterocycles. The Morgan fingerprint density at radius 1 is 1.12 bits per heavy atom. The van der Waals surface area contributed by atoms with Crippen molar-refractivity contribution in [2.75, 3.05) is 6.54 Å². The van der Waals surface area contributed by atoms with E-state index >= 15 is 0 Å². The van der Waals surface area contributed by atoms with Crippen LogP contribution in [-0.4, -0.2) is 52.7 Å². The van der Waals surface area contributed by atoms with Gasteiger partial charge in [0.2, 0.25) is 5.92 Å². The highest BCUT2D eigenvalue weighted by molar-refractivity contribution is 6.18. The van der Waals surface area contributed by atoms with Gasteiger partial charge in [0.05, 0.1) is 6.04 Å². The number of piperidine rings is 1. The molecule has 1 amide bonds. The van der Waals surface area contributed by atoms with Crippen LogP contribution in [-0.2, 0) is 34.0 Å². The van der Waals surface area contributed by atoms with E-state index in [0.717, 1.165) is 23.1 Å². The Kier molecular flexibility index (Phi) is 5.07. The SMILES string of the molecule is CC(C)(C)OC(=O)N1CC2(c3cc(F)ccc3F)CC2C1C(=O)C1C(=O)OC(C)(C)OC1=O. The molecule has 0 radical (unpaired) electrons. The quantitative estimate of drug-likeness (QED) is 0.500. The Morgan fingerprint density at radius 2 is 1.73 bits per heavy atom. The molecule has 8 nitrogen and oxygen atoms in total. The molecule has 1 aromatic rings. The molecule has 3 atom stereocenters. The van der Waals surface area contributed by atoms with Crippen molar-refractivity contribution in [1.82, 2.24) is 4.90 Å². The lowest BCUT2D eigenvalue weighted by Gasteiger charge is -2.35. The second-order valence-corrected chi connectivity index (χ2v) is 10.2. The topological polar surface area (TPSA) is 99.2 Å². The fraction of sp³-hybridized carbons (Fsp3) is 0.565. The highest BCUT2D eigenvalue weighted by Gasteiger charge is 2.71. The zero-order valence-corrected chi connectivity index (χ0v) is 18.9. The van der Waals surface area contributed by atoms with E-state index < -0.39 is 70.1 Å². The van der Waals surface area contributed by atoms with Crippen LogP contribution in [0.15, 0.2) is 18.2 Å². The Morgan fingerprint density at radius 3 is 2.30 bits per heavy atom. The Labute approximate surface area is 189 Å². The maximum Gasteiger partial charge on any atom is 0.410 e. The summed E-state index contributed by atoms with van der Waals surface area (Å²) in [5.74, 6) is -8.44. The van der Waals surface area contributed by atoms with Crippen LogP contribution in [0.1, 0.15) is 46.6 Å². The van der Waals surface area contributed by atoms with Crippen LogP contribution >= 0.6 is 0 Å². The van der Waals surface area contributed by atoms with Gasteiger partial charge in [-0.3, -0.25) is 19.3 Å². The number of nitrogens with zero attached hydrogens (tertiary/aromatic N) is 1. The van der Waals surface area contributed by atoms with Crippen molar-refractivity contribution in [3.8, 4) is 0 Å². The number of esters is 2. The molecular formula is C23H25F2NO7. The van der Waals surface area contributed by atoms with Gasteiger partial charge < -0.3 is 14.2 Å². The lowest BCUT2D eigenvalue weighted by atomic mass is 9.90. The average molecular weight is 465 g/mol. The summed E-state index contributed by atoms with van der Waals surface area (Å²) < 4.78 is 44.1. The van der Waals surface area contributed by atoms with Gasteiger partial charge in [0.1, 0.15) is 17.2 Å².